The molecule has 0 radical (unpaired) electrons. The van der Waals surface area contributed by atoms with Crippen LogP contribution in [-0.4, -0.2) is 46.9 Å². The highest BCUT2D eigenvalue weighted by Crippen LogP contribution is 2.36. The van der Waals surface area contributed by atoms with Crippen LogP contribution in [0.4, 0.5) is 0 Å². The zero-order valence-electron chi connectivity index (χ0n) is 13.9. The second kappa shape index (κ2) is 7.03. The van der Waals surface area contributed by atoms with E-state index in [1.54, 1.807) is 11.3 Å². The van der Waals surface area contributed by atoms with Crippen LogP contribution in [-0.2, 0) is 6.54 Å². The summed E-state index contributed by atoms with van der Waals surface area (Å²) in [6, 6.07) is 7.91. The number of piperazine rings is 1. The Morgan fingerprint density at radius 2 is 2.00 bits per heavy atom. The number of aromatic nitrogens is 1. The summed E-state index contributed by atoms with van der Waals surface area (Å²) in [5.74, 6) is 0.0513. The molecule has 1 saturated heterocycles. The molecule has 7 heteroatoms. The number of hydrogen-bond acceptors (Lipinski definition) is 5. The first kappa shape index (κ1) is 17.0. The van der Waals surface area contributed by atoms with Crippen molar-refractivity contribution in [2.24, 2.45) is 0 Å². The second-order valence-corrected chi connectivity index (χ2v) is 8.66. The van der Waals surface area contributed by atoms with Gasteiger partial charge in [-0.25, -0.2) is 4.98 Å². The summed E-state index contributed by atoms with van der Waals surface area (Å²) in [6.07, 6.45) is 0. The molecule has 1 amide bonds. The number of benzene rings is 1. The minimum absolute atomic E-state index is 0.0513. The zero-order valence-corrected chi connectivity index (χ0v) is 16.3. The molecule has 4 nitrogen and oxygen atoms in total. The van der Waals surface area contributed by atoms with Gasteiger partial charge < -0.3 is 4.90 Å². The molecule has 0 saturated carbocycles. The normalized spacial score (nSPS) is 15.8. The van der Waals surface area contributed by atoms with Gasteiger partial charge in [0.05, 0.1) is 15.7 Å². The van der Waals surface area contributed by atoms with Gasteiger partial charge in [0.2, 0.25) is 0 Å². The fourth-order valence-corrected chi connectivity index (χ4v) is 5.20. The van der Waals surface area contributed by atoms with E-state index in [2.05, 4.69) is 15.3 Å². The van der Waals surface area contributed by atoms with E-state index in [0.29, 0.717) is 9.90 Å². The molecule has 25 heavy (non-hydrogen) atoms. The summed E-state index contributed by atoms with van der Waals surface area (Å²) < 4.78 is 1.06. The van der Waals surface area contributed by atoms with Gasteiger partial charge in [0.25, 0.3) is 5.91 Å². The number of aryl methyl sites for hydroxylation is 1. The molecule has 0 unspecified atom stereocenters. The molecular formula is C18H18ClN3OS2. The molecular weight excluding hydrogens is 374 g/mol. The molecule has 1 aliphatic rings. The number of amides is 1. The lowest BCUT2D eigenvalue weighted by molar-refractivity contribution is 0.0632. The van der Waals surface area contributed by atoms with Crippen LogP contribution in [0.1, 0.15) is 20.4 Å². The third kappa shape index (κ3) is 3.44. The first-order valence-corrected chi connectivity index (χ1v) is 10.3. The van der Waals surface area contributed by atoms with Crippen LogP contribution in [0.5, 0.6) is 0 Å². The number of carbonyl (C=O) groups is 1. The van der Waals surface area contributed by atoms with Gasteiger partial charge in [0, 0.05) is 48.2 Å². The summed E-state index contributed by atoms with van der Waals surface area (Å²) >= 11 is 9.63. The summed E-state index contributed by atoms with van der Waals surface area (Å²) in [5, 5.41) is 4.77. The number of fused-ring (bicyclic) bond motifs is 1. The maximum absolute atomic E-state index is 12.9. The lowest BCUT2D eigenvalue weighted by Crippen LogP contribution is -2.48. The van der Waals surface area contributed by atoms with Crippen molar-refractivity contribution in [3.63, 3.8) is 0 Å². The van der Waals surface area contributed by atoms with Crippen molar-refractivity contribution in [3.05, 3.63) is 50.2 Å². The number of rotatable bonds is 3. The SMILES string of the molecule is Cc1nc(CN2CCN(C(=O)c3sc4ccccc4c3Cl)CC2)cs1. The van der Waals surface area contributed by atoms with Crippen LogP contribution >= 0.6 is 34.3 Å². The van der Waals surface area contributed by atoms with E-state index >= 15 is 0 Å². The molecule has 0 bridgehead atoms. The van der Waals surface area contributed by atoms with Gasteiger partial charge in [0.15, 0.2) is 0 Å². The van der Waals surface area contributed by atoms with Crippen LogP contribution in [0.3, 0.4) is 0 Å². The van der Waals surface area contributed by atoms with Gasteiger partial charge in [0.1, 0.15) is 4.88 Å². The Kier molecular flexibility index (Phi) is 4.78. The zero-order chi connectivity index (χ0) is 17.4. The maximum Gasteiger partial charge on any atom is 0.265 e. The van der Waals surface area contributed by atoms with Crippen LogP contribution in [0.15, 0.2) is 29.6 Å². The van der Waals surface area contributed by atoms with E-state index in [0.717, 1.165) is 53.5 Å². The lowest BCUT2D eigenvalue weighted by atomic mass is 10.2. The minimum Gasteiger partial charge on any atom is -0.335 e. The Bertz CT molecular complexity index is 912. The number of thiazole rings is 1. The molecule has 0 spiro atoms. The van der Waals surface area contributed by atoms with E-state index in [-0.39, 0.29) is 5.91 Å². The van der Waals surface area contributed by atoms with E-state index in [1.807, 2.05) is 36.1 Å². The molecule has 4 rings (SSSR count). The fraction of sp³-hybridized carbons (Fsp3) is 0.333. The standard InChI is InChI=1S/C18H18ClN3OS2/c1-12-20-13(11-24-12)10-21-6-8-22(9-7-21)18(23)17-16(19)14-4-2-3-5-15(14)25-17/h2-5,11H,6-10H2,1H3. The van der Waals surface area contributed by atoms with Crippen molar-refractivity contribution >= 4 is 50.3 Å². The van der Waals surface area contributed by atoms with E-state index in [9.17, 15) is 4.79 Å². The lowest BCUT2D eigenvalue weighted by Gasteiger charge is -2.34. The summed E-state index contributed by atoms with van der Waals surface area (Å²) in [6.45, 7) is 6.07. The minimum atomic E-state index is 0.0513. The van der Waals surface area contributed by atoms with Gasteiger partial charge in [-0.3, -0.25) is 9.69 Å². The fourth-order valence-electron chi connectivity index (χ4n) is 3.11. The molecule has 3 heterocycles. The predicted molar refractivity (Wildman–Crippen MR) is 105 cm³/mol. The highest BCUT2D eigenvalue weighted by Gasteiger charge is 2.26. The van der Waals surface area contributed by atoms with Crippen molar-refractivity contribution in [1.82, 2.24) is 14.8 Å². The van der Waals surface area contributed by atoms with Crippen LogP contribution in [0.2, 0.25) is 5.02 Å². The molecule has 1 aromatic carbocycles. The number of hydrogen-bond donors (Lipinski definition) is 0. The van der Waals surface area contributed by atoms with Gasteiger partial charge in [-0.05, 0) is 13.0 Å². The number of thiophene rings is 1. The average molecular weight is 392 g/mol. The number of nitrogens with zero attached hydrogens (tertiary/aromatic N) is 3. The third-order valence-electron chi connectivity index (χ3n) is 4.44. The van der Waals surface area contributed by atoms with Crippen molar-refractivity contribution < 1.29 is 4.79 Å². The predicted octanol–water partition coefficient (Wildman–Crippen LogP) is 4.28. The Balaban J connectivity index is 1.43. The van der Waals surface area contributed by atoms with E-state index in [1.165, 1.54) is 11.3 Å². The quantitative estimate of drug-likeness (QED) is 0.668. The molecule has 1 fully saturated rings. The first-order chi connectivity index (χ1) is 12.1. The van der Waals surface area contributed by atoms with Crippen LogP contribution < -0.4 is 0 Å². The summed E-state index contributed by atoms with van der Waals surface area (Å²) in [4.78, 5) is 22.3. The topological polar surface area (TPSA) is 36.4 Å². The van der Waals surface area contributed by atoms with E-state index in [4.69, 9.17) is 11.6 Å². The molecule has 3 aromatic rings. The van der Waals surface area contributed by atoms with Gasteiger partial charge in [-0.1, -0.05) is 29.8 Å². The van der Waals surface area contributed by atoms with Crippen LogP contribution in [0.25, 0.3) is 10.1 Å². The highest BCUT2D eigenvalue weighted by atomic mass is 35.5. The number of halogens is 1. The average Bonchev–Trinajstić information content (AvgIpc) is 3.19. The monoisotopic (exact) mass is 391 g/mol. The number of carbonyl (C=O) groups excluding carboxylic acids is 1. The highest BCUT2D eigenvalue weighted by molar-refractivity contribution is 7.21. The Labute approximate surface area is 159 Å². The second-order valence-electron chi connectivity index (χ2n) is 6.17. The van der Waals surface area contributed by atoms with E-state index < -0.39 is 0 Å². The molecule has 0 aliphatic carbocycles. The van der Waals surface area contributed by atoms with Crippen molar-refractivity contribution in [2.75, 3.05) is 26.2 Å². The van der Waals surface area contributed by atoms with Crippen molar-refractivity contribution in [3.8, 4) is 0 Å². The van der Waals surface area contributed by atoms with Gasteiger partial charge in [-0.15, -0.1) is 22.7 Å². The molecule has 2 aromatic heterocycles. The van der Waals surface area contributed by atoms with Gasteiger partial charge >= 0.3 is 0 Å². The maximum atomic E-state index is 12.9. The molecule has 1 aliphatic heterocycles. The summed E-state index contributed by atoms with van der Waals surface area (Å²) in [5.41, 5.74) is 1.12. The third-order valence-corrected chi connectivity index (χ3v) is 6.93. The van der Waals surface area contributed by atoms with Crippen LogP contribution in [0, 0.1) is 6.92 Å². The Morgan fingerprint density at radius 3 is 2.68 bits per heavy atom. The first-order valence-electron chi connectivity index (χ1n) is 8.21. The van der Waals surface area contributed by atoms with Crippen molar-refractivity contribution in [1.29, 1.82) is 0 Å². The molecule has 0 N–H and O–H groups in total. The molecule has 0 atom stereocenters. The molecule has 130 valence electrons. The van der Waals surface area contributed by atoms with Gasteiger partial charge in [-0.2, -0.15) is 0 Å². The largest absolute Gasteiger partial charge is 0.335 e. The smallest absolute Gasteiger partial charge is 0.265 e. The Morgan fingerprint density at radius 1 is 1.24 bits per heavy atom. The summed E-state index contributed by atoms with van der Waals surface area (Å²) in [7, 11) is 0. The van der Waals surface area contributed by atoms with Crippen molar-refractivity contribution in [2.45, 2.75) is 13.5 Å². The Hall–Kier alpha value is -1.47.